The van der Waals surface area contributed by atoms with Gasteiger partial charge in [-0.25, -0.2) is 0 Å². The second-order valence-electron chi connectivity index (χ2n) is 8.82. The van der Waals surface area contributed by atoms with Crippen LogP contribution in [-0.4, -0.2) is 24.8 Å². The van der Waals surface area contributed by atoms with Crippen molar-refractivity contribution in [3.8, 4) is 11.8 Å². The van der Waals surface area contributed by atoms with Gasteiger partial charge in [0, 0.05) is 41.6 Å². The molecule has 1 aromatic carbocycles. The quantitative estimate of drug-likeness (QED) is 0.0678. The van der Waals surface area contributed by atoms with E-state index in [2.05, 4.69) is 68.7 Å². The minimum absolute atomic E-state index is 0.0133. The number of hydrogen-bond acceptors (Lipinski definition) is 4. The van der Waals surface area contributed by atoms with Crippen molar-refractivity contribution in [2.45, 2.75) is 26.8 Å². The number of carbonyl (C=O) groups is 1. The van der Waals surface area contributed by atoms with Crippen LogP contribution in [0.25, 0.3) is 0 Å². The molecular formula is C29H32ClIN6O. The molecule has 0 fully saturated rings. The molecule has 9 heteroatoms. The van der Waals surface area contributed by atoms with Crippen LogP contribution in [0.1, 0.15) is 20.3 Å². The third kappa shape index (κ3) is 8.64. The van der Waals surface area contributed by atoms with E-state index in [0.29, 0.717) is 33.8 Å². The molecule has 2 unspecified atom stereocenters. The predicted molar refractivity (Wildman–Crippen MR) is 164 cm³/mol. The number of amides is 1. The Labute approximate surface area is 242 Å². The Kier molecular flexibility index (Phi) is 11.2. The summed E-state index contributed by atoms with van der Waals surface area (Å²) >= 11 is 8.15. The molecule has 0 spiro atoms. The maximum atomic E-state index is 12.5. The van der Waals surface area contributed by atoms with Crippen LogP contribution in [-0.2, 0) is 18.4 Å². The second-order valence-corrected chi connectivity index (χ2v) is 9.94. The number of benzene rings is 1. The molecule has 2 N–H and O–H groups in total. The van der Waals surface area contributed by atoms with E-state index < -0.39 is 0 Å². The van der Waals surface area contributed by atoms with E-state index in [1.165, 1.54) is 0 Å². The number of allylic oxidation sites excluding steroid dienone is 2. The number of nitrogens with zero attached hydrogens (tertiary/aromatic N) is 4. The molecule has 0 aliphatic heterocycles. The Morgan fingerprint density at radius 2 is 2.05 bits per heavy atom. The molecule has 2 atom stereocenters. The molecule has 1 amide bonds. The molecule has 198 valence electrons. The van der Waals surface area contributed by atoms with Crippen molar-refractivity contribution in [2.24, 2.45) is 23.9 Å². The van der Waals surface area contributed by atoms with Crippen LogP contribution in [0.5, 0.6) is 0 Å². The predicted octanol–water partition coefficient (Wildman–Crippen LogP) is 6.33. The van der Waals surface area contributed by atoms with E-state index in [4.69, 9.17) is 11.6 Å². The molecule has 0 saturated heterocycles. The van der Waals surface area contributed by atoms with Crippen molar-refractivity contribution < 1.29 is 4.79 Å². The standard InChI is InChI=1S/C29H32ClIN6O/c1-5-23(21(2)10-11-22(3)29(38)35-25-14-12-24(30)13-15-25)8-6-16-37-17-7-9-27(28(37)32-20-31)34-26-18-33-36(4)19-26/h5,7,9,11-15,17-19,21,23,34H,1,10,16,20H2,2-4H3,(H,35,38)/b22-11+,32-28-. The zero-order chi connectivity index (χ0) is 27.5. The number of nitrogens with one attached hydrogen (secondary N) is 2. The van der Waals surface area contributed by atoms with Crippen molar-refractivity contribution in [2.75, 3.05) is 15.2 Å². The lowest BCUT2D eigenvalue weighted by molar-refractivity contribution is -0.112. The number of rotatable bonds is 10. The minimum Gasteiger partial charge on any atom is -0.350 e. The Bertz CT molecular complexity index is 1410. The Hall–Kier alpha value is -3.29. The molecule has 0 saturated carbocycles. The van der Waals surface area contributed by atoms with Crippen LogP contribution < -0.4 is 16.1 Å². The number of hydrogen-bond donors (Lipinski definition) is 2. The summed E-state index contributed by atoms with van der Waals surface area (Å²) in [4.78, 5) is 17.2. The summed E-state index contributed by atoms with van der Waals surface area (Å²) in [6.45, 7) is 8.41. The van der Waals surface area contributed by atoms with Gasteiger partial charge in [0.25, 0.3) is 5.91 Å². The number of aromatic nitrogens is 3. The SMILES string of the molecule is C=CC(C#CCn1cccc(Nc2cnn(C)c2)/c1=N/CI)C(C)C/C=C(\C)C(=O)Nc1ccc(Cl)cc1. The van der Waals surface area contributed by atoms with Crippen LogP contribution in [0.3, 0.4) is 0 Å². The van der Waals surface area contributed by atoms with Gasteiger partial charge in [0.2, 0.25) is 0 Å². The fourth-order valence-electron chi connectivity index (χ4n) is 3.69. The van der Waals surface area contributed by atoms with Crippen molar-refractivity contribution >= 4 is 57.2 Å². The number of aryl methyl sites for hydroxylation is 1. The number of carbonyl (C=O) groups excluding carboxylic acids is 1. The van der Waals surface area contributed by atoms with Crippen LogP contribution in [0.15, 0.2) is 84.3 Å². The molecule has 0 aliphatic carbocycles. The highest BCUT2D eigenvalue weighted by atomic mass is 127. The van der Waals surface area contributed by atoms with Crippen molar-refractivity contribution in [1.29, 1.82) is 0 Å². The number of alkyl halides is 1. The molecule has 2 aromatic heterocycles. The number of pyridine rings is 1. The van der Waals surface area contributed by atoms with E-state index in [9.17, 15) is 4.79 Å². The first-order valence-electron chi connectivity index (χ1n) is 12.2. The van der Waals surface area contributed by atoms with Crippen LogP contribution in [0.2, 0.25) is 5.02 Å². The van der Waals surface area contributed by atoms with Crippen molar-refractivity contribution in [1.82, 2.24) is 14.3 Å². The molecule has 3 aromatic rings. The Morgan fingerprint density at radius 1 is 1.29 bits per heavy atom. The van der Waals surface area contributed by atoms with Gasteiger partial charge < -0.3 is 15.2 Å². The van der Waals surface area contributed by atoms with E-state index in [1.807, 2.05) is 55.2 Å². The average molecular weight is 643 g/mol. The highest BCUT2D eigenvalue weighted by Crippen LogP contribution is 2.19. The van der Waals surface area contributed by atoms with Gasteiger partial charge in [-0.3, -0.25) is 14.5 Å². The lowest BCUT2D eigenvalue weighted by Crippen LogP contribution is -2.23. The summed E-state index contributed by atoms with van der Waals surface area (Å²) in [7, 11) is 1.88. The summed E-state index contributed by atoms with van der Waals surface area (Å²) in [5.41, 5.74) is 3.98. The smallest absolute Gasteiger partial charge is 0.250 e. The molecular weight excluding hydrogens is 611 g/mol. The van der Waals surface area contributed by atoms with Crippen molar-refractivity contribution in [3.05, 3.63) is 89.8 Å². The van der Waals surface area contributed by atoms with Gasteiger partial charge in [0.1, 0.15) is 0 Å². The maximum Gasteiger partial charge on any atom is 0.250 e. The third-order valence-corrected chi connectivity index (χ3v) is 6.47. The maximum absolute atomic E-state index is 12.5. The van der Waals surface area contributed by atoms with Gasteiger partial charge in [-0.05, 0) is 55.7 Å². The summed E-state index contributed by atoms with van der Waals surface area (Å²) < 4.78 is 4.40. The number of anilines is 3. The lowest BCUT2D eigenvalue weighted by Gasteiger charge is -2.14. The molecule has 7 nitrogen and oxygen atoms in total. The molecule has 2 heterocycles. The van der Waals surface area contributed by atoms with Gasteiger partial charge >= 0.3 is 0 Å². The van der Waals surface area contributed by atoms with E-state index in [0.717, 1.165) is 16.9 Å². The third-order valence-electron chi connectivity index (χ3n) is 5.88. The largest absolute Gasteiger partial charge is 0.350 e. The highest BCUT2D eigenvalue weighted by molar-refractivity contribution is 14.1. The van der Waals surface area contributed by atoms with Gasteiger partial charge in [-0.2, -0.15) is 5.10 Å². The minimum atomic E-state index is -0.136. The number of halogens is 2. The van der Waals surface area contributed by atoms with E-state index in [-0.39, 0.29) is 17.7 Å². The molecule has 0 radical (unpaired) electrons. The molecule has 0 aliphatic rings. The lowest BCUT2D eigenvalue weighted by atomic mass is 9.91. The summed E-state index contributed by atoms with van der Waals surface area (Å²) in [5, 5.41) is 11.1. The topological polar surface area (TPSA) is 76.2 Å². The second kappa shape index (κ2) is 14.6. The molecule has 3 rings (SSSR count). The van der Waals surface area contributed by atoms with Gasteiger partial charge in [-0.1, -0.05) is 65.1 Å². The summed E-state index contributed by atoms with van der Waals surface area (Å²) in [6, 6.07) is 11.0. The van der Waals surface area contributed by atoms with E-state index >= 15 is 0 Å². The van der Waals surface area contributed by atoms with Gasteiger partial charge in [0.15, 0.2) is 5.49 Å². The van der Waals surface area contributed by atoms with Crippen LogP contribution >= 0.6 is 34.2 Å². The van der Waals surface area contributed by atoms with Gasteiger partial charge in [-0.15, -0.1) is 6.58 Å². The van der Waals surface area contributed by atoms with Crippen LogP contribution in [0, 0.1) is 23.7 Å². The Balaban J connectivity index is 1.65. The van der Waals surface area contributed by atoms with Crippen molar-refractivity contribution in [3.63, 3.8) is 0 Å². The molecule has 0 bridgehead atoms. The zero-order valence-corrected chi connectivity index (χ0v) is 24.7. The average Bonchev–Trinajstić information content (AvgIpc) is 3.32. The first-order chi connectivity index (χ1) is 18.3. The first kappa shape index (κ1) is 29.3. The fraction of sp³-hybridized carbons (Fsp3) is 0.276. The first-order valence-corrected chi connectivity index (χ1v) is 14.1. The zero-order valence-electron chi connectivity index (χ0n) is 21.8. The normalized spacial score (nSPS) is 13.3. The molecule has 38 heavy (non-hydrogen) atoms. The highest BCUT2D eigenvalue weighted by Gasteiger charge is 2.12. The fourth-order valence-corrected chi connectivity index (χ4v) is 4.14. The summed E-state index contributed by atoms with van der Waals surface area (Å²) in [6.07, 6.45) is 10.2. The van der Waals surface area contributed by atoms with Crippen LogP contribution in [0.4, 0.5) is 17.1 Å². The van der Waals surface area contributed by atoms with Gasteiger partial charge in [0.05, 0.1) is 28.7 Å². The monoisotopic (exact) mass is 642 g/mol. The van der Waals surface area contributed by atoms with E-state index in [1.54, 1.807) is 35.1 Å². The Morgan fingerprint density at radius 3 is 2.71 bits per heavy atom. The summed E-state index contributed by atoms with van der Waals surface area (Å²) in [5.74, 6) is 6.69.